The van der Waals surface area contributed by atoms with Gasteiger partial charge in [0.2, 0.25) is 5.79 Å². The minimum atomic E-state index is -0.795. The zero-order valence-electron chi connectivity index (χ0n) is 8.11. The highest BCUT2D eigenvalue weighted by Gasteiger charge is 2.35. The molecule has 0 N–H and O–H groups in total. The normalized spacial score (nSPS) is 19.0. The molecule has 0 aliphatic carbocycles. The smallest absolute Gasteiger partial charge is 0.237 e. The summed E-state index contributed by atoms with van der Waals surface area (Å²) in [5.41, 5.74) is 0. The molecule has 1 aliphatic rings. The first kappa shape index (κ1) is 9.76. The highest BCUT2D eigenvalue weighted by atomic mass is 32.1. The molecule has 5 heteroatoms. The summed E-state index contributed by atoms with van der Waals surface area (Å²) in [6.45, 7) is 0.674. The predicted molar refractivity (Wildman–Crippen MR) is 52.1 cm³/mol. The van der Waals surface area contributed by atoms with Crippen LogP contribution in [0.2, 0.25) is 0 Å². The van der Waals surface area contributed by atoms with Crippen molar-refractivity contribution >= 4 is 11.3 Å². The second kappa shape index (κ2) is 3.76. The van der Waals surface area contributed by atoms with Gasteiger partial charge in [-0.2, -0.15) is 0 Å². The second-order valence-corrected chi connectivity index (χ2v) is 3.74. The van der Waals surface area contributed by atoms with Crippen molar-refractivity contribution in [3.8, 4) is 11.5 Å². The lowest BCUT2D eigenvalue weighted by Gasteiger charge is -2.27. The monoisotopic (exact) mass is 216 g/mol. The van der Waals surface area contributed by atoms with Gasteiger partial charge in [-0.15, -0.1) is 11.3 Å². The Morgan fingerprint density at radius 3 is 2.07 bits per heavy atom. The molecule has 0 radical (unpaired) electrons. The van der Waals surface area contributed by atoms with Gasteiger partial charge in [0.25, 0.3) is 0 Å². The van der Waals surface area contributed by atoms with Gasteiger partial charge in [-0.05, 0) is 0 Å². The number of fused-ring (bicyclic) bond motifs is 1. The minimum absolute atomic E-state index is 0.337. The van der Waals surface area contributed by atoms with Crippen LogP contribution in [0.25, 0.3) is 0 Å². The van der Waals surface area contributed by atoms with Crippen molar-refractivity contribution in [1.29, 1.82) is 0 Å². The van der Waals surface area contributed by atoms with Crippen LogP contribution in [0, 0.1) is 0 Å². The molecule has 1 aromatic rings. The number of hydrogen-bond donors (Lipinski definition) is 0. The first-order chi connectivity index (χ1) is 6.79. The van der Waals surface area contributed by atoms with E-state index in [0.29, 0.717) is 13.2 Å². The molecule has 0 bridgehead atoms. The molecule has 2 rings (SSSR count). The molecule has 0 spiro atoms. The van der Waals surface area contributed by atoms with Crippen LogP contribution < -0.4 is 9.47 Å². The Hall–Kier alpha value is -0.780. The molecule has 1 aromatic heterocycles. The minimum Gasteiger partial charge on any atom is -0.483 e. The largest absolute Gasteiger partial charge is 0.483 e. The zero-order chi connectivity index (χ0) is 10.0. The number of thiophene rings is 1. The Kier molecular flexibility index (Phi) is 2.62. The fourth-order valence-electron chi connectivity index (χ4n) is 1.22. The Bertz CT molecular complexity index is 281. The average molecular weight is 216 g/mol. The third kappa shape index (κ3) is 1.58. The lowest BCUT2D eigenvalue weighted by Crippen LogP contribution is -2.44. The summed E-state index contributed by atoms with van der Waals surface area (Å²) in [6, 6.07) is 0. The van der Waals surface area contributed by atoms with Gasteiger partial charge in [0.1, 0.15) is 13.2 Å². The first-order valence-corrected chi connectivity index (χ1v) is 5.16. The van der Waals surface area contributed by atoms with Crippen molar-refractivity contribution in [3.63, 3.8) is 0 Å². The maximum absolute atomic E-state index is 5.52. The number of ether oxygens (including phenoxy) is 4. The summed E-state index contributed by atoms with van der Waals surface area (Å²) >= 11 is 1.55. The van der Waals surface area contributed by atoms with Crippen molar-refractivity contribution < 1.29 is 18.9 Å². The van der Waals surface area contributed by atoms with Gasteiger partial charge in [0.15, 0.2) is 11.5 Å². The summed E-state index contributed by atoms with van der Waals surface area (Å²) < 4.78 is 21.5. The molecule has 0 fully saturated rings. The van der Waals surface area contributed by atoms with Crippen LogP contribution in [0.1, 0.15) is 0 Å². The number of hydrogen-bond acceptors (Lipinski definition) is 5. The van der Waals surface area contributed by atoms with Gasteiger partial charge in [0, 0.05) is 25.0 Å². The van der Waals surface area contributed by atoms with Gasteiger partial charge in [0.05, 0.1) is 0 Å². The summed E-state index contributed by atoms with van der Waals surface area (Å²) in [5.74, 6) is 0.716. The van der Waals surface area contributed by atoms with Crippen LogP contribution in [0.3, 0.4) is 0 Å². The highest BCUT2D eigenvalue weighted by Crippen LogP contribution is 2.35. The number of methoxy groups -OCH3 is 2. The molecule has 0 saturated carbocycles. The summed E-state index contributed by atoms with van der Waals surface area (Å²) in [6.07, 6.45) is 0. The van der Waals surface area contributed by atoms with Crippen LogP contribution in [0.15, 0.2) is 10.8 Å². The molecule has 0 unspecified atom stereocenters. The van der Waals surface area contributed by atoms with E-state index in [4.69, 9.17) is 18.9 Å². The van der Waals surface area contributed by atoms with E-state index in [1.54, 1.807) is 25.6 Å². The van der Waals surface area contributed by atoms with E-state index in [9.17, 15) is 0 Å². The van der Waals surface area contributed by atoms with E-state index >= 15 is 0 Å². The molecule has 1 aliphatic heterocycles. The molecule has 0 saturated heterocycles. The van der Waals surface area contributed by atoms with E-state index in [1.165, 1.54) is 0 Å². The van der Waals surface area contributed by atoms with Crippen LogP contribution in [-0.4, -0.2) is 33.2 Å². The van der Waals surface area contributed by atoms with E-state index in [1.807, 2.05) is 10.8 Å². The van der Waals surface area contributed by atoms with Gasteiger partial charge in [-0.25, -0.2) is 0 Å². The van der Waals surface area contributed by atoms with Crippen molar-refractivity contribution in [2.24, 2.45) is 0 Å². The average Bonchev–Trinajstić information content (AvgIpc) is 2.61. The van der Waals surface area contributed by atoms with Crippen LogP contribution >= 0.6 is 11.3 Å². The highest BCUT2D eigenvalue weighted by molar-refractivity contribution is 7.08. The van der Waals surface area contributed by atoms with Crippen molar-refractivity contribution in [2.75, 3.05) is 27.4 Å². The summed E-state index contributed by atoms with van der Waals surface area (Å²) in [7, 11) is 3.16. The standard InChI is InChI=1S/C9H12O4S/c1-10-9(11-2)5-12-7-3-14-4-8(7)13-6-9/h3-4H,5-6H2,1-2H3. The van der Waals surface area contributed by atoms with Crippen molar-refractivity contribution in [3.05, 3.63) is 10.8 Å². The fraction of sp³-hybridized carbons (Fsp3) is 0.556. The number of rotatable bonds is 2. The van der Waals surface area contributed by atoms with Crippen molar-refractivity contribution in [1.82, 2.24) is 0 Å². The van der Waals surface area contributed by atoms with E-state index < -0.39 is 5.79 Å². The Balaban J connectivity index is 2.16. The molecule has 2 heterocycles. The van der Waals surface area contributed by atoms with E-state index in [0.717, 1.165) is 11.5 Å². The van der Waals surface area contributed by atoms with Gasteiger partial charge < -0.3 is 18.9 Å². The van der Waals surface area contributed by atoms with Gasteiger partial charge >= 0.3 is 0 Å². The topological polar surface area (TPSA) is 36.9 Å². The van der Waals surface area contributed by atoms with Gasteiger partial charge in [-0.1, -0.05) is 0 Å². The lowest BCUT2D eigenvalue weighted by molar-refractivity contribution is -0.232. The van der Waals surface area contributed by atoms with E-state index in [-0.39, 0.29) is 0 Å². The zero-order valence-corrected chi connectivity index (χ0v) is 8.93. The van der Waals surface area contributed by atoms with Crippen molar-refractivity contribution in [2.45, 2.75) is 5.79 Å². The molecular formula is C9H12O4S. The molecule has 4 nitrogen and oxygen atoms in total. The maximum atomic E-state index is 5.52. The van der Waals surface area contributed by atoms with Crippen LogP contribution in [0.5, 0.6) is 11.5 Å². The Labute approximate surface area is 86.3 Å². The third-order valence-electron chi connectivity index (χ3n) is 2.23. The molecule has 0 atom stereocenters. The molecular weight excluding hydrogens is 204 g/mol. The Morgan fingerprint density at radius 1 is 1.14 bits per heavy atom. The van der Waals surface area contributed by atoms with Crippen LogP contribution in [0.4, 0.5) is 0 Å². The first-order valence-electron chi connectivity index (χ1n) is 4.22. The maximum Gasteiger partial charge on any atom is 0.237 e. The SMILES string of the molecule is COC1(OC)COc2cscc2OC1. The quantitative estimate of drug-likeness (QED) is 0.702. The molecule has 0 aromatic carbocycles. The fourth-order valence-corrected chi connectivity index (χ4v) is 1.90. The van der Waals surface area contributed by atoms with Gasteiger partial charge in [-0.3, -0.25) is 0 Å². The molecule has 0 amide bonds. The summed E-state index contributed by atoms with van der Waals surface area (Å²) in [4.78, 5) is 0. The molecule has 78 valence electrons. The third-order valence-corrected chi connectivity index (χ3v) is 2.93. The summed E-state index contributed by atoms with van der Waals surface area (Å²) in [5, 5.41) is 3.80. The second-order valence-electron chi connectivity index (χ2n) is 3.00. The van der Waals surface area contributed by atoms with Crippen LogP contribution in [-0.2, 0) is 9.47 Å². The Morgan fingerprint density at radius 2 is 1.64 bits per heavy atom. The predicted octanol–water partition coefficient (Wildman–Crippen LogP) is 1.51. The molecule has 14 heavy (non-hydrogen) atoms. The van der Waals surface area contributed by atoms with E-state index in [2.05, 4.69) is 0 Å². The lowest BCUT2D eigenvalue weighted by atomic mass is 10.3.